The van der Waals surface area contributed by atoms with Gasteiger partial charge in [-0.15, -0.1) is 0 Å². The van der Waals surface area contributed by atoms with Crippen LogP contribution in [0, 0.1) is 0 Å². The van der Waals surface area contributed by atoms with Gasteiger partial charge < -0.3 is 4.89 Å². The van der Waals surface area contributed by atoms with Crippen LogP contribution in [0.15, 0.2) is 34.9 Å². The fourth-order valence-electron chi connectivity index (χ4n) is 2.05. The van der Waals surface area contributed by atoms with Gasteiger partial charge >= 0.3 is 7.60 Å². The van der Waals surface area contributed by atoms with Crippen molar-refractivity contribution in [3.05, 3.63) is 34.9 Å². The first-order valence-electron chi connectivity index (χ1n) is 8.33. The highest BCUT2D eigenvalue weighted by Gasteiger charge is 2.19. The predicted molar refractivity (Wildman–Crippen MR) is 99.6 cm³/mol. The fraction of sp³-hybridized carbons (Fsp3) is 0.611. The van der Waals surface area contributed by atoms with E-state index in [1.54, 1.807) is 0 Å². The molecule has 0 spiro atoms. The number of allylic oxidation sites excluding steroid dienone is 6. The van der Waals surface area contributed by atoms with Crippen LogP contribution in [-0.4, -0.2) is 16.8 Å². The minimum Gasteiger partial charge on any atom is -0.323 e. The molecule has 0 amide bonds. The summed E-state index contributed by atoms with van der Waals surface area (Å²) in [4.78, 5) is 20.8. The lowest BCUT2D eigenvalue weighted by Gasteiger charge is -2.06. The van der Waals surface area contributed by atoms with Crippen LogP contribution in [0.25, 0.3) is 0 Å². The third kappa shape index (κ3) is 13.4. The maximum absolute atomic E-state index is 11.7. The molecule has 0 bridgehead atoms. The molecule has 0 aromatic heterocycles. The smallest absolute Gasteiger partial charge is 0.323 e. The number of ketones is 1. The molecule has 0 radical (unpaired) electrons. The number of nitrogens with two attached hydrogens (primary N) is 1. The second kappa shape index (κ2) is 12.4. The monoisotopic (exact) mass is 357 g/mol. The summed E-state index contributed by atoms with van der Waals surface area (Å²) in [6.45, 7) is 8.36. The van der Waals surface area contributed by atoms with Crippen molar-refractivity contribution < 1.29 is 18.9 Å². The van der Waals surface area contributed by atoms with E-state index in [1.165, 1.54) is 11.1 Å². The fourth-order valence-corrected chi connectivity index (χ4v) is 2.69. The van der Waals surface area contributed by atoms with E-state index in [-0.39, 0.29) is 24.8 Å². The van der Waals surface area contributed by atoms with Crippen LogP contribution in [-0.2, 0) is 14.0 Å². The molecule has 0 fully saturated rings. The number of hydrogen-bond acceptors (Lipinski definition) is 4. The number of carbonyl (C=O) groups excluding carboxylic acids is 1. The molecule has 138 valence electrons. The molecule has 1 unspecified atom stereocenters. The highest BCUT2D eigenvalue weighted by atomic mass is 31.2. The minimum absolute atomic E-state index is 0.00185. The normalized spacial score (nSPS) is 15.1. The van der Waals surface area contributed by atoms with Crippen molar-refractivity contribution in [2.75, 3.05) is 6.16 Å². The second-order valence-corrected chi connectivity index (χ2v) is 8.35. The number of rotatable bonds is 12. The predicted octanol–water partition coefficient (Wildman–Crippen LogP) is 4.83. The molecule has 0 rings (SSSR count). The summed E-state index contributed by atoms with van der Waals surface area (Å²) in [5.74, 6) is 4.61. The zero-order valence-electron chi connectivity index (χ0n) is 15.4. The van der Waals surface area contributed by atoms with Crippen LogP contribution >= 0.6 is 7.60 Å². The molecule has 0 saturated carbocycles. The van der Waals surface area contributed by atoms with Gasteiger partial charge in [0.2, 0.25) is 0 Å². The Morgan fingerprint density at radius 1 is 1.00 bits per heavy atom. The summed E-state index contributed by atoms with van der Waals surface area (Å²) < 4.78 is 15.1. The number of carbonyl (C=O) groups is 1. The zero-order valence-corrected chi connectivity index (χ0v) is 16.3. The first-order valence-corrected chi connectivity index (χ1v) is 10.1. The molecule has 0 heterocycles. The van der Waals surface area contributed by atoms with Gasteiger partial charge in [-0.2, -0.15) is 0 Å². The second-order valence-electron chi connectivity index (χ2n) is 6.42. The third-order valence-corrected chi connectivity index (χ3v) is 4.76. The Morgan fingerprint density at radius 2 is 1.54 bits per heavy atom. The molecule has 3 N–H and O–H groups in total. The van der Waals surface area contributed by atoms with Gasteiger partial charge in [0.05, 0.1) is 6.16 Å². The summed E-state index contributed by atoms with van der Waals surface area (Å²) in [6.07, 6.45) is 10.5. The molecule has 0 aromatic carbocycles. The SMILES string of the molecule is CC(C)=CCCC(C)=CCCC(C)=CCC(=O)CCP(=O)(O)ON. The first-order chi connectivity index (χ1) is 11.2. The molecule has 0 aliphatic rings. The molecule has 0 aliphatic carbocycles. The van der Waals surface area contributed by atoms with Crippen molar-refractivity contribution >= 4 is 13.4 Å². The molecule has 24 heavy (non-hydrogen) atoms. The first kappa shape index (κ1) is 23.0. The molecule has 0 aromatic rings. The van der Waals surface area contributed by atoms with Gasteiger partial charge in [0.25, 0.3) is 0 Å². The molecule has 1 atom stereocenters. The lowest BCUT2D eigenvalue weighted by atomic mass is 10.1. The van der Waals surface area contributed by atoms with Crippen molar-refractivity contribution in [1.82, 2.24) is 0 Å². The zero-order chi connectivity index (χ0) is 18.6. The van der Waals surface area contributed by atoms with Crippen LogP contribution in [0.2, 0.25) is 0 Å². The van der Waals surface area contributed by atoms with Gasteiger partial charge in [-0.3, -0.25) is 9.36 Å². The molecule has 0 saturated heterocycles. The Morgan fingerprint density at radius 3 is 2.08 bits per heavy atom. The van der Waals surface area contributed by atoms with E-state index in [2.05, 4.69) is 37.5 Å². The molecular formula is C18H32NO4P. The van der Waals surface area contributed by atoms with E-state index in [4.69, 9.17) is 10.8 Å². The van der Waals surface area contributed by atoms with Crippen molar-refractivity contribution in [2.45, 2.75) is 66.2 Å². The number of Topliss-reactive ketones (excluding diaryl/α,β-unsaturated/α-hetero) is 1. The van der Waals surface area contributed by atoms with Gasteiger partial charge in [0.1, 0.15) is 5.78 Å². The Hall–Kier alpha value is -1.00. The highest BCUT2D eigenvalue weighted by molar-refractivity contribution is 7.52. The van der Waals surface area contributed by atoms with Crippen LogP contribution < -0.4 is 5.90 Å². The quantitative estimate of drug-likeness (QED) is 0.297. The average molecular weight is 357 g/mol. The third-order valence-electron chi connectivity index (χ3n) is 3.64. The average Bonchev–Trinajstić information content (AvgIpc) is 2.50. The Kier molecular flexibility index (Phi) is 11.9. The molecule has 0 aliphatic heterocycles. The van der Waals surface area contributed by atoms with Crippen LogP contribution in [0.3, 0.4) is 0 Å². The van der Waals surface area contributed by atoms with Crippen molar-refractivity contribution in [2.24, 2.45) is 5.90 Å². The standard InChI is InChI=1S/C18H32NO4P/c1-15(2)7-5-8-16(3)9-6-10-17(4)11-12-18(20)13-14-24(21,22)23-19/h7,9,11H,5-6,8,10,12-14,19H2,1-4H3,(H,21,22). The lowest BCUT2D eigenvalue weighted by Crippen LogP contribution is -2.05. The van der Waals surface area contributed by atoms with Gasteiger partial charge in [-0.25, -0.2) is 10.5 Å². The van der Waals surface area contributed by atoms with E-state index in [0.29, 0.717) is 0 Å². The maximum atomic E-state index is 11.7. The topological polar surface area (TPSA) is 89.6 Å². The lowest BCUT2D eigenvalue weighted by molar-refractivity contribution is -0.117. The summed E-state index contributed by atoms with van der Waals surface area (Å²) in [5.41, 5.74) is 3.89. The highest BCUT2D eigenvalue weighted by Crippen LogP contribution is 2.40. The van der Waals surface area contributed by atoms with E-state index < -0.39 is 7.60 Å². The summed E-state index contributed by atoms with van der Waals surface area (Å²) in [5, 5.41) is 0. The summed E-state index contributed by atoms with van der Waals surface area (Å²) >= 11 is 0. The largest absolute Gasteiger partial charge is 0.344 e. The van der Waals surface area contributed by atoms with Crippen molar-refractivity contribution in [1.29, 1.82) is 0 Å². The van der Waals surface area contributed by atoms with Crippen molar-refractivity contribution in [3.8, 4) is 0 Å². The van der Waals surface area contributed by atoms with Gasteiger partial charge in [0, 0.05) is 12.8 Å². The van der Waals surface area contributed by atoms with Gasteiger partial charge in [-0.05, 0) is 53.4 Å². The van der Waals surface area contributed by atoms with Crippen LogP contribution in [0.5, 0.6) is 0 Å². The van der Waals surface area contributed by atoms with E-state index in [1.807, 2.05) is 13.0 Å². The maximum Gasteiger partial charge on any atom is 0.344 e. The van der Waals surface area contributed by atoms with E-state index in [0.717, 1.165) is 31.3 Å². The molecule has 5 nitrogen and oxygen atoms in total. The van der Waals surface area contributed by atoms with Crippen LogP contribution in [0.4, 0.5) is 0 Å². The summed E-state index contributed by atoms with van der Waals surface area (Å²) in [6, 6.07) is 0. The Bertz CT molecular complexity index is 531. The Balaban J connectivity index is 4.08. The molecular weight excluding hydrogens is 325 g/mol. The Labute approximate surface area is 146 Å². The van der Waals surface area contributed by atoms with Gasteiger partial charge in [0.15, 0.2) is 0 Å². The van der Waals surface area contributed by atoms with E-state index in [9.17, 15) is 9.36 Å². The van der Waals surface area contributed by atoms with Crippen molar-refractivity contribution in [3.63, 3.8) is 0 Å². The summed E-state index contributed by atoms with van der Waals surface area (Å²) in [7, 11) is -3.79. The number of hydrogen-bond donors (Lipinski definition) is 2. The van der Waals surface area contributed by atoms with E-state index >= 15 is 0 Å². The molecule has 6 heteroatoms. The van der Waals surface area contributed by atoms with Crippen LogP contribution in [0.1, 0.15) is 66.2 Å². The van der Waals surface area contributed by atoms with Gasteiger partial charge in [-0.1, -0.05) is 34.9 Å². The minimum atomic E-state index is -3.79.